The van der Waals surface area contributed by atoms with Crippen LogP contribution < -0.4 is 4.74 Å². The largest absolute Gasteiger partial charge is 0.497 e. The van der Waals surface area contributed by atoms with E-state index in [-0.39, 0.29) is 12.0 Å². The second-order valence-electron chi connectivity index (χ2n) is 10.4. The molecule has 2 aliphatic rings. The number of ether oxygens (including phenoxy) is 2. The molecule has 1 saturated carbocycles. The molecule has 0 radical (unpaired) electrons. The molecule has 1 aliphatic carbocycles. The Hall–Kier alpha value is -2.64. The van der Waals surface area contributed by atoms with E-state index in [0.717, 1.165) is 54.8 Å². The smallest absolute Gasteiger partial charge is 0.339 e. The lowest BCUT2D eigenvalue weighted by Gasteiger charge is -2.46. The predicted octanol–water partition coefficient (Wildman–Crippen LogP) is 4.96. The van der Waals surface area contributed by atoms with Crippen LogP contribution in [0.2, 0.25) is 5.02 Å². The zero-order valence-corrected chi connectivity index (χ0v) is 22.3. The summed E-state index contributed by atoms with van der Waals surface area (Å²) >= 11 is 6.24. The number of rotatable bonds is 6. The Morgan fingerprint density at radius 2 is 1.78 bits per heavy atom. The summed E-state index contributed by atoms with van der Waals surface area (Å²) in [7, 11) is 3.81. The molecule has 6 nitrogen and oxygen atoms in total. The average Bonchev–Trinajstić information content (AvgIpc) is 2.91. The van der Waals surface area contributed by atoms with E-state index in [9.17, 15) is 9.90 Å². The van der Waals surface area contributed by atoms with E-state index in [2.05, 4.69) is 29.0 Å². The Morgan fingerprint density at radius 1 is 1.05 bits per heavy atom. The van der Waals surface area contributed by atoms with E-state index < -0.39 is 11.6 Å². The summed E-state index contributed by atoms with van der Waals surface area (Å²) < 4.78 is 11.3. The highest BCUT2D eigenvalue weighted by atomic mass is 35.5. The Bertz CT molecular complexity index is 1260. The monoisotopic (exact) mass is 522 g/mol. The van der Waals surface area contributed by atoms with Crippen molar-refractivity contribution in [2.75, 3.05) is 46.9 Å². The lowest BCUT2D eigenvalue weighted by Crippen LogP contribution is -2.52. The van der Waals surface area contributed by atoms with Gasteiger partial charge in [-0.1, -0.05) is 41.9 Å². The summed E-state index contributed by atoms with van der Waals surface area (Å²) in [5, 5.41) is 14.8. The predicted molar refractivity (Wildman–Crippen MR) is 146 cm³/mol. The first-order chi connectivity index (χ1) is 17.9. The van der Waals surface area contributed by atoms with Gasteiger partial charge in [0.05, 0.1) is 23.3 Å². The SMILES string of the molecule is COc1ccc2cc(C3(O)CCC(OC(=O)c4ccccc4Cl)CC3CN3CCN(C)CC3)ccc2c1. The van der Waals surface area contributed by atoms with Crippen LogP contribution in [0.4, 0.5) is 0 Å². The Labute approximate surface area is 223 Å². The topological polar surface area (TPSA) is 62.2 Å². The number of aliphatic hydroxyl groups is 1. The van der Waals surface area contributed by atoms with Gasteiger partial charge in [-0.3, -0.25) is 0 Å². The summed E-state index contributed by atoms with van der Waals surface area (Å²) in [6, 6.07) is 19.2. The standard InChI is InChI=1S/C30H35ClN2O4/c1-32-13-15-33(16-14-32)20-24-19-26(37-29(34)27-5-3-4-6-28(27)31)11-12-30(24,35)23-9-7-22-18-25(36-2)10-8-21(22)17-23/h3-10,17-18,24,26,35H,11-16,19-20H2,1-2H3. The Balaban J connectivity index is 1.40. The molecule has 0 bridgehead atoms. The summed E-state index contributed by atoms with van der Waals surface area (Å²) in [5.74, 6) is 0.330. The third kappa shape index (κ3) is 5.63. The van der Waals surface area contributed by atoms with E-state index >= 15 is 0 Å². The van der Waals surface area contributed by atoms with Crippen molar-refractivity contribution in [2.45, 2.75) is 31.0 Å². The fourth-order valence-electron chi connectivity index (χ4n) is 5.73. The van der Waals surface area contributed by atoms with Crippen LogP contribution in [0.15, 0.2) is 60.7 Å². The van der Waals surface area contributed by atoms with Crippen molar-refractivity contribution in [2.24, 2.45) is 5.92 Å². The maximum Gasteiger partial charge on any atom is 0.339 e. The summed E-state index contributed by atoms with van der Waals surface area (Å²) in [6.45, 7) is 4.70. The van der Waals surface area contributed by atoms with Crippen LogP contribution in [0.25, 0.3) is 10.8 Å². The number of fused-ring (bicyclic) bond motifs is 1. The zero-order chi connectivity index (χ0) is 26.0. The van der Waals surface area contributed by atoms with Gasteiger partial charge >= 0.3 is 5.97 Å². The van der Waals surface area contributed by atoms with Crippen LogP contribution in [0.1, 0.15) is 35.2 Å². The number of methoxy groups -OCH3 is 1. The van der Waals surface area contributed by atoms with E-state index in [1.165, 1.54) is 0 Å². The van der Waals surface area contributed by atoms with E-state index in [1.54, 1.807) is 31.4 Å². The van der Waals surface area contributed by atoms with Crippen molar-refractivity contribution >= 4 is 28.3 Å². The van der Waals surface area contributed by atoms with Gasteiger partial charge in [0.2, 0.25) is 0 Å². The van der Waals surface area contributed by atoms with Gasteiger partial charge in [-0.2, -0.15) is 0 Å². The number of carbonyl (C=O) groups excluding carboxylic acids is 1. The first-order valence-electron chi connectivity index (χ1n) is 13.0. The minimum absolute atomic E-state index is 0.0793. The van der Waals surface area contributed by atoms with Gasteiger partial charge in [0.1, 0.15) is 11.9 Å². The first kappa shape index (κ1) is 26.0. The van der Waals surface area contributed by atoms with E-state index in [1.807, 2.05) is 24.3 Å². The lowest BCUT2D eigenvalue weighted by atomic mass is 9.70. The molecule has 0 spiro atoms. The number of nitrogens with zero attached hydrogens (tertiary/aromatic N) is 2. The maximum atomic E-state index is 12.9. The molecule has 1 heterocycles. The summed E-state index contributed by atoms with van der Waals surface area (Å²) in [6.07, 6.45) is 1.44. The molecule has 0 amide bonds. The van der Waals surface area contributed by atoms with Crippen LogP contribution in [-0.4, -0.2) is 73.9 Å². The highest BCUT2D eigenvalue weighted by Gasteiger charge is 2.45. The number of likely N-dealkylation sites (N-methyl/N-ethyl adjacent to an activating group) is 1. The molecule has 3 aromatic carbocycles. The molecule has 196 valence electrons. The van der Waals surface area contributed by atoms with Crippen molar-refractivity contribution in [1.29, 1.82) is 0 Å². The van der Waals surface area contributed by atoms with Crippen LogP contribution in [0.3, 0.4) is 0 Å². The molecule has 1 saturated heterocycles. The number of hydrogen-bond acceptors (Lipinski definition) is 6. The highest BCUT2D eigenvalue weighted by Crippen LogP contribution is 2.44. The molecule has 1 N–H and O–H groups in total. The van der Waals surface area contributed by atoms with Crippen LogP contribution >= 0.6 is 11.6 Å². The molecule has 3 aromatic rings. The zero-order valence-electron chi connectivity index (χ0n) is 21.5. The fourth-order valence-corrected chi connectivity index (χ4v) is 5.94. The quantitative estimate of drug-likeness (QED) is 0.462. The molecular formula is C30H35ClN2O4. The molecule has 3 atom stereocenters. The van der Waals surface area contributed by atoms with Gasteiger partial charge in [-0.25, -0.2) is 4.79 Å². The Kier molecular flexibility index (Phi) is 7.72. The van der Waals surface area contributed by atoms with Crippen molar-refractivity contribution in [1.82, 2.24) is 9.80 Å². The summed E-state index contributed by atoms with van der Waals surface area (Å²) in [4.78, 5) is 17.7. The van der Waals surface area contributed by atoms with Gasteiger partial charge in [0.25, 0.3) is 0 Å². The number of benzene rings is 3. The minimum Gasteiger partial charge on any atom is -0.497 e. The fraction of sp³-hybridized carbons (Fsp3) is 0.433. The lowest BCUT2D eigenvalue weighted by molar-refractivity contribution is -0.100. The van der Waals surface area contributed by atoms with Gasteiger partial charge in [0.15, 0.2) is 0 Å². The summed E-state index contributed by atoms with van der Waals surface area (Å²) in [5.41, 5.74) is 0.288. The molecule has 37 heavy (non-hydrogen) atoms. The van der Waals surface area contributed by atoms with E-state index in [0.29, 0.717) is 29.8 Å². The highest BCUT2D eigenvalue weighted by molar-refractivity contribution is 6.33. The third-order valence-corrected chi connectivity index (χ3v) is 8.39. The molecule has 5 rings (SSSR count). The van der Waals surface area contributed by atoms with Crippen molar-refractivity contribution in [3.8, 4) is 5.75 Å². The molecule has 1 aliphatic heterocycles. The third-order valence-electron chi connectivity index (χ3n) is 8.06. The minimum atomic E-state index is -1.01. The van der Waals surface area contributed by atoms with Gasteiger partial charge < -0.3 is 24.4 Å². The number of esters is 1. The second-order valence-corrected chi connectivity index (χ2v) is 10.8. The molecule has 0 aromatic heterocycles. The number of carbonyl (C=O) groups is 1. The maximum absolute atomic E-state index is 12.9. The molecule has 3 unspecified atom stereocenters. The average molecular weight is 523 g/mol. The number of hydrogen-bond donors (Lipinski definition) is 1. The number of piperazine rings is 1. The Morgan fingerprint density at radius 3 is 2.54 bits per heavy atom. The molecule has 7 heteroatoms. The molecule has 2 fully saturated rings. The van der Waals surface area contributed by atoms with Gasteiger partial charge in [0, 0.05) is 38.6 Å². The normalized spacial score (nSPS) is 25.2. The van der Waals surface area contributed by atoms with Gasteiger partial charge in [-0.15, -0.1) is 0 Å². The second kappa shape index (κ2) is 11.0. The number of halogens is 1. The van der Waals surface area contributed by atoms with Gasteiger partial charge in [-0.05, 0) is 73.0 Å². The van der Waals surface area contributed by atoms with Crippen LogP contribution in [0.5, 0.6) is 5.75 Å². The van der Waals surface area contributed by atoms with E-state index in [4.69, 9.17) is 21.1 Å². The van der Waals surface area contributed by atoms with Crippen molar-refractivity contribution in [3.05, 3.63) is 76.8 Å². The molecular weight excluding hydrogens is 488 g/mol. The van der Waals surface area contributed by atoms with Crippen LogP contribution in [0, 0.1) is 5.92 Å². The van der Waals surface area contributed by atoms with Crippen molar-refractivity contribution < 1.29 is 19.4 Å². The first-order valence-corrected chi connectivity index (χ1v) is 13.4. The van der Waals surface area contributed by atoms with Crippen molar-refractivity contribution in [3.63, 3.8) is 0 Å². The van der Waals surface area contributed by atoms with Crippen LogP contribution in [-0.2, 0) is 10.3 Å².